The number of rotatable bonds is 8. The number of aliphatic hydroxyl groups excluding tert-OH is 1. The fourth-order valence-electron chi connectivity index (χ4n) is 4.56. The SMILES string of the molecule is CC(=O)N[C@@H](Cc1cc(F)cc(F)c1)[C@H](O)CNC1(c2cc(Br)cc(C(C)(C)C)c2)CCOCC1. The molecule has 0 bridgehead atoms. The van der Waals surface area contributed by atoms with Gasteiger partial charge in [-0.05, 0) is 65.6 Å². The Morgan fingerprint density at radius 1 is 1.11 bits per heavy atom. The highest BCUT2D eigenvalue weighted by atomic mass is 79.9. The van der Waals surface area contributed by atoms with Crippen molar-refractivity contribution in [2.45, 2.75) is 70.1 Å². The average molecular weight is 553 g/mol. The second-order valence-electron chi connectivity index (χ2n) is 10.4. The third kappa shape index (κ3) is 7.56. The van der Waals surface area contributed by atoms with Crippen LogP contribution in [0.1, 0.15) is 57.2 Å². The van der Waals surface area contributed by atoms with Gasteiger partial charge in [0.2, 0.25) is 5.91 Å². The molecule has 0 saturated carbocycles. The largest absolute Gasteiger partial charge is 0.390 e. The van der Waals surface area contributed by atoms with Crippen molar-refractivity contribution in [1.82, 2.24) is 10.6 Å². The normalized spacial score (nSPS) is 17.6. The van der Waals surface area contributed by atoms with Crippen molar-refractivity contribution in [2.75, 3.05) is 19.8 Å². The lowest BCUT2D eigenvalue weighted by atomic mass is 9.78. The summed E-state index contributed by atoms with van der Waals surface area (Å²) in [4.78, 5) is 11.8. The van der Waals surface area contributed by atoms with Gasteiger partial charge in [-0.15, -0.1) is 0 Å². The van der Waals surface area contributed by atoms with Crippen LogP contribution in [0, 0.1) is 11.6 Å². The van der Waals surface area contributed by atoms with Gasteiger partial charge in [0, 0.05) is 42.8 Å². The van der Waals surface area contributed by atoms with E-state index in [-0.39, 0.29) is 24.3 Å². The Morgan fingerprint density at radius 3 is 2.31 bits per heavy atom. The van der Waals surface area contributed by atoms with E-state index in [1.807, 2.05) is 0 Å². The van der Waals surface area contributed by atoms with Crippen molar-refractivity contribution in [3.8, 4) is 0 Å². The van der Waals surface area contributed by atoms with E-state index in [1.165, 1.54) is 24.6 Å². The predicted molar refractivity (Wildman–Crippen MR) is 136 cm³/mol. The molecular formula is C27H35BrF2N2O3. The molecule has 3 N–H and O–H groups in total. The van der Waals surface area contributed by atoms with Gasteiger partial charge in [-0.25, -0.2) is 8.78 Å². The molecule has 1 aliphatic heterocycles. The van der Waals surface area contributed by atoms with Crippen LogP contribution >= 0.6 is 15.9 Å². The molecule has 5 nitrogen and oxygen atoms in total. The molecule has 2 atom stereocenters. The first-order valence-electron chi connectivity index (χ1n) is 11.9. The van der Waals surface area contributed by atoms with Gasteiger partial charge in [-0.2, -0.15) is 0 Å². The fourth-order valence-corrected chi connectivity index (χ4v) is 5.05. The molecule has 2 aromatic carbocycles. The molecule has 1 heterocycles. The van der Waals surface area contributed by atoms with Crippen LogP contribution in [0.4, 0.5) is 8.78 Å². The van der Waals surface area contributed by atoms with E-state index in [0.717, 1.165) is 28.9 Å². The van der Waals surface area contributed by atoms with E-state index in [2.05, 4.69) is 65.5 Å². The molecule has 1 amide bonds. The molecule has 0 aliphatic carbocycles. The quantitative estimate of drug-likeness (QED) is 0.442. The molecule has 35 heavy (non-hydrogen) atoms. The number of amides is 1. The number of aliphatic hydroxyl groups is 1. The number of nitrogens with one attached hydrogen (secondary N) is 2. The minimum Gasteiger partial charge on any atom is -0.390 e. The maximum absolute atomic E-state index is 13.7. The minimum atomic E-state index is -0.987. The Balaban J connectivity index is 1.84. The van der Waals surface area contributed by atoms with Gasteiger partial charge in [0.05, 0.1) is 12.1 Å². The van der Waals surface area contributed by atoms with Crippen molar-refractivity contribution in [3.05, 3.63) is 69.2 Å². The summed E-state index contributed by atoms with van der Waals surface area (Å²) in [5.41, 5.74) is 2.20. The second-order valence-corrected chi connectivity index (χ2v) is 11.3. The predicted octanol–water partition coefficient (Wildman–Crippen LogP) is 4.73. The van der Waals surface area contributed by atoms with Gasteiger partial charge in [0.1, 0.15) is 11.6 Å². The van der Waals surface area contributed by atoms with Crippen LogP contribution in [0.5, 0.6) is 0 Å². The molecule has 1 fully saturated rings. The molecule has 192 valence electrons. The fraction of sp³-hybridized carbons (Fsp3) is 0.519. The summed E-state index contributed by atoms with van der Waals surface area (Å²) in [5, 5.41) is 17.4. The number of carbonyl (C=O) groups excluding carboxylic acids is 1. The van der Waals surface area contributed by atoms with Crippen LogP contribution in [-0.4, -0.2) is 42.9 Å². The van der Waals surface area contributed by atoms with Crippen molar-refractivity contribution in [2.24, 2.45) is 0 Å². The summed E-state index contributed by atoms with van der Waals surface area (Å²) in [6.07, 6.45) is 0.552. The zero-order valence-corrected chi connectivity index (χ0v) is 22.3. The van der Waals surface area contributed by atoms with Gasteiger partial charge in [-0.1, -0.05) is 42.8 Å². The summed E-state index contributed by atoms with van der Waals surface area (Å²) in [5.74, 6) is -1.71. The molecular weight excluding hydrogens is 518 g/mol. The van der Waals surface area contributed by atoms with Crippen LogP contribution in [0.15, 0.2) is 40.9 Å². The monoisotopic (exact) mass is 552 g/mol. The zero-order valence-electron chi connectivity index (χ0n) is 20.8. The van der Waals surface area contributed by atoms with Gasteiger partial charge >= 0.3 is 0 Å². The van der Waals surface area contributed by atoms with Crippen LogP contribution in [0.25, 0.3) is 0 Å². The van der Waals surface area contributed by atoms with Crippen molar-refractivity contribution in [3.63, 3.8) is 0 Å². The van der Waals surface area contributed by atoms with Crippen LogP contribution in [-0.2, 0) is 26.9 Å². The van der Waals surface area contributed by atoms with Crippen molar-refractivity contribution >= 4 is 21.8 Å². The lowest BCUT2D eigenvalue weighted by Gasteiger charge is -2.41. The highest BCUT2D eigenvalue weighted by molar-refractivity contribution is 9.10. The first-order chi connectivity index (χ1) is 16.4. The molecule has 3 rings (SSSR count). The van der Waals surface area contributed by atoms with Crippen molar-refractivity contribution in [1.29, 1.82) is 0 Å². The zero-order chi connectivity index (χ0) is 25.8. The van der Waals surface area contributed by atoms with Gasteiger partial charge in [0.15, 0.2) is 0 Å². The summed E-state index contributed by atoms with van der Waals surface area (Å²) in [6.45, 7) is 9.20. The molecule has 1 aliphatic rings. The number of hydrogen-bond donors (Lipinski definition) is 3. The van der Waals surface area contributed by atoms with E-state index in [1.54, 1.807) is 0 Å². The Morgan fingerprint density at radius 2 is 1.74 bits per heavy atom. The van der Waals surface area contributed by atoms with E-state index in [0.29, 0.717) is 18.8 Å². The Kier molecular flexibility index (Phi) is 9.07. The highest BCUT2D eigenvalue weighted by Gasteiger charge is 2.36. The van der Waals surface area contributed by atoms with Gasteiger partial charge in [0.25, 0.3) is 0 Å². The summed E-state index contributed by atoms with van der Waals surface area (Å²) in [6, 6.07) is 8.94. The average Bonchev–Trinajstić information content (AvgIpc) is 2.75. The van der Waals surface area contributed by atoms with Crippen LogP contribution in [0.2, 0.25) is 0 Å². The third-order valence-corrected chi connectivity index (χ3v) is 7.00. The third-order valence-electron chi connectivity index (χ3n) is 6.54. The minimum absolute atomic E-state index is 0.0405. The summed E-state index contributed by atoms with van der Waals surface area (Å²) >= 11 is 3.66. The number of halogens is 3. The lowest BCUT2D eigenvalue weighted by Crippen LogP contribution is -2.54. The first-order valence-corrected chi connectivity index (χ1v) is 12.7. The summed E-state index contributed by atoms with van der Waals surface area (Å²) in [7, 11) is 0. The number of ether oxygens (including phenoxy) is 1. The number of carbonyl (C=O) groups is 1. The topological polar surface area (TPSA) is 70.6 Å². The van der Waals surface area contributed by atoms with Crippen LogP contribution < -0.4 is 10.6 Å². The van der Waals surface area contributed by atoms with Gasteiger partial charge < -0.3 is 20.5 Å². The number of benzene rings is 2. The van der Waals surface area contributed by atoms with E-state index < -0.39 is 29.3 Å². The Bertz CT molecular complexity index is 1020. The molecule has 0 radical (unpaired) electrons. The number of hydrogen-bond acceptors (Lipinski definition) is 4. The second kappa shape index (κ2) is 11.5. The van der Waals surface area contributed by atoms with E-state index >= 15 is 0 Å². The molecule has 0 aromatic heterocycles. The van der Waals surface area contributed by atoms with Crippen molar-refractivity contribution < 1.29 is 23.4 Å². The smallest absolute Gasteiger partial charge is 0.217 e. The van der Waals surface area contributed by atoms with E-state index in [9.17, 15) is 18.7 Å². The maximum atomic E-state index is 13.7. The first kappa shape index (κ1) is 27.7. The maximum Gasteiger partial charge on any atom is 0.217 e. The standard InChI is InChI=1S/C27H35BrF2N2O3/c1-17(33)32-24(11-18-9-22(29)15-23(30)10-18)25(34)16-31-27(5-7-35-8-6-27)20-12-19(26(2,3)4)13-21(28)14-20/h9-10,12-15,24-25,31,34H,5-8,11,16H2,1-4H3,(H,32,33)/t24-,25+/m0/s1. The molecule has 0 spiro atoms. The molecule has 0 unspecified atom stereocenters. The summed E-state index contributed by atoms with van der Waals surface area (Å²) < 4.78 is 34.0. The van der Waals surface area contributed by atoms with E-state index in [4.69, 9.17) is 4.74 Å². The lowest BCUT2D eigenvalue weighted by molar-refractivity contribution is -0.120. The Hall–Kier alpha value is -1.87. The highest BCUT2D eigenvalue weighted by Crippen LogP contribution is 2.37. The van der Waals surface area contributed by atoms with Crippen LogP contribution in [0.3, 0.4) is 0 Å². The van der Waals surface area contributed by atoms with Gasteiger partial charge in [-0.3, -0.25) is 4.79 Å². The molecule has 1 saturated heterocycles. The Labute approximate surface area is 214 Å². The molecule has 2 aromatic rings. The molecule has 8 heteroatoms.